The van der Waals surface area contributed by atoms with Crippen LogP contribution in [-0.2, 0) is 11.8 Å². The van der Waals surface area contributed by atoms with E-state index in [4.69, 9.17) is 4.74 Å². The van der Waals surface area contributed by atoms with E-state index in [0.717, 1.165) is 22.0 Å². The Kier molecular flexibility index (Phi) is 190. The SMILES string of the molecule is COC(=O)c1cnc(Nc2cc([N+](=O)[O-])c(Br)cc2C)nc1-c1cn(C)c2ccccc12.[K][K].[K][K].[K][K].[K][K].[K][K].[K][K].[K][K].[K][K].[K][K].[K][K].[K][K].[K][K]. The molecule has 34 heteroatoms. The molecule has 1 N–H and O–H groups in total. The zero-order chi connectivity index (χ0) is 47.0. The number of para-hydroxylation sites is 1. The summed E-state index contributed by atoms with van der Waals surface area (Å²) < 4.78 is 7.25. The monoisotopic (exact) mass is 1430 g/mol. The summed E-state index contributed by atoms with van der Waals surface area (Å²) in [5.41, 5.74) is 3.49. The number of aromatic nitrogens is 3. The number of benzene rings is 2. The summed E-state index contributed by atoms with van der Waals surface area (Å²) in [5.74, 6) is -0.366. The topological polar surface area (TPSA) is 112 Å². The van der Waals surface area contributed by atoms with Crippen LogP contribution >= 0.6 is 15.9 Å². The van der Waals surface area contributed by atoms with E-state index in [-0.39, 0.29) is 17.2 Å². The Morgan fingerprint density at radius 1 is 0.768 bits per heavy atom. The molecule has 0 saturated heterocycles. The van der Waals surface area contributed by atoms with E-state index in [9.17, 15) is 14.9 Å². The van der Waals surface area contributed by atoms with Gasteiger partial charge in [0.2, 0.25) is 5.95 Å². The van der Waals surface area contributed by atoms with E-state index in [1.807, 2.05) is 49.0 Å². The number of aryl methyl sites for hydroxylation is 2. The maximum absolute atomic E-state index is 12.4. The Labute approximate surface area is 890 Å². The van der Waals surface area contributed by atoms with E-state index in [2.05, 4.69) is 31.2 Å². The number of hydrogen-bond donors (Lipinski definition) is 1. The first kappa shape index (κ1) is 110. The van der Waals surface area contributed by atoms with Crippen molar-refractivity contribution in [2.24, 2.45) is 7.05 Å². The summed E-state index contributed by atoms with van der Waals surface area (Å²) in [7, 11) is 3.21. The van der Waals surface area contributed by atoms with Gasteiger partial charge in [0, 0.05) is 42.0 Å². The molecule has 0 atom stereocenters. The molecule has 0 unspecified atom stereocenters. The van der Waals surface area contributed by atoms with E-state index < -0.39 is 10.9 Å². The molecular formula is C22H18BrK24N5O4. The first-order valence-electron chi connectivity index (χ1n) is 21.5. The van der Waals surface area contributed by atoms with Crippen molar-refractivity contribution in [2.75, 3.05) is 12.4 Å². The fourth-order valence-electron chi connectivity index (χ4n) is 3.49. The first-order chi connectivity index (χ1) is 27.3. The minimum absolute atomic E-state index is 0.0847. The summed E-state index contributed by atoms with van der Waals surface area (Å²) >= 11 is 33.2. The number of ether oxygens (including phenoxy) is 1. The van der Waals surface area contributed by atoms with Crippen molar-refractivity contribution in [2.45, 2.75) is 6.92 Å². The van der Waals surface area contributed by atoms with Crippen molar-refractivity contribution in [3.63, 3.8) is 0 Å². The first-order valence-corrected chi connectivity index (χ1v) is 214. The number of hydrogen-bond acceptors (Lipinski definition) is 7. The standard InChI is InChI=1S/C22H18BrN5O4.24K/c1-12-8-16(23)19(28(30)31)9-17(12)25-22-24-10-14(21(29)32-3)20(26-22)15-11-27(2)18-7-5-4-6-13(15)18;;;;;;;;;;;;;;;;;;;;;;;;/h4-11H,1-3H3,(H,24,25,26);;;;;;;;;;;;;;;;;;;;;;;;. The summed E-state index contributed by atoms with van der Waals surface area (Å²) in [6, 6.07) is 10.8. The van der Waals surface area contributed by atoms with E-state index in [1.165, 1.54) is 777 Å². The molecule has 0 bridgehead atoms. The summed E-state index contributed by atoms with van der Waals surface area (Å²) in [5, 5.41) is 15.3. The van der Waals surface area contributed by atoms with E-state index >= 15 is 0 Å². The molecule has 9 nitrogen and oxygen atoms in total. The molecule has 0 aliphatic carbocycles. The number of methoxy groups -OCH3 is 1. The minimum atomic E-state index is -0.560. The Bertz CT molecular complexity index is 1440. The predicted molar refractivity (Wildman–Crippen MR) is 262 cm³/mol. The molecule has 2 heterocycles. The normalized spacial score (nSPS) is 7.93. The van der Waals surface area contributed by atoms with Gasteiger partial charge in [-0.2, -0.15) is 0 Å². The Morgan fingerprint density at radius 3 is 1.61 bits per heavy atom. The number of carbonyl (C=O) groups is 1. The number of halogens is 1. The van der Waals surface area contributed by atoms with Crippen LogP contribution in [0.2, 0.25) is 0 Å². The molecular weight excluding hydrogens is 1420 g/mol. The van der Waals surface area contributed by atoms with Gasteiger partial charge in [-0.25, -0.2) is 14.8 Å². The van der Waals surface area contributed by atoms with Crippen LogP contribution in [-0.4, -0.2) is 790 Å². The summed E-state index contributed by atoms with van der Waals surface area (Å²) in [4.78, 5) is 32.1. The Hall–Kier alpha value is 35.5. The van der Waals surface area contributed by atoms with Crippen molar-refractivity contribution < 1.29 is 14.5 Å². The maximum atomic E-state index is 12.4. The van der Waals surface area contributed by atoms with E-state index in [0.29, 0.717) is 15.9 Å². The molecule has 186 valence electrons. The number of nitrogens with zero attached hydrogens (tertiary/aromatic N) is 4. The quantitative estimate of drug-likeness (QED) is 0.0941. The molecule has 0 fully saturated rings. The second kappa shape index (κ2) is 96.9. The molecule has 2 aromatic carbocycles. The van der Waals surface area contributed by atoms with Gasteiger partial charge in [-0.05, 0) is 40.5 Å². The third-order valence-electron chi connectivity index (χ3n) is 5.08. The van der Waals surface area contributed by atoms with Crippen LogP contribution in [0.5, 0.6) is 0 Å². The molecule has 0 amide bonds. The summed E-state index contributed by atoms with van der Waals surface area (Å²) in [6.07, 6.45) is 3.28. The number of nitro groups is 1. The molecule has 2 aromatic heterocycles. The molecule has 0 aliphatic heterocycles. The molecule has 0 aliphatic rings. The van der Waals surface area contributed by atoms with Crippen molar-refractivity contribution in [1.82, 2.24) is 14.5 Å². The zero-order valence-corrected chi connectivity index (χ0v) is 118. The Morgan fingerprint density at radius 2 is 1.20 bits per heavy atom. The van der Waals surface area contributed by atoms with Gasteiger partial charge in [0.05, 0.1) is 27.9 Å². The van der Waals surface area contributed by atoms with Gasteiger partial charge in [-0.15, -0.1) is 0 Å². The van der Waals surface area contributed by atoms with Gasteiger partial charge in [-0.1, -0.05) is 18.2 Å². The second-order valence-electron chi connectivity index (χ2n) is 7.12. The van der Waals surface area contributed by atoms with Gasteiger partial charge in [-0.3, -0.25) is 10.1 Å². The van der Waals surface area contributed by atoms with Crippen LogP contribution in [0.15, 0.2) is 53.3 Å². The molecule has 0 saturated carbocycles. The van der Waals surface area contributed by atoms with Crippen LogP contribution in [0.1, 0.15) is 15.9 Å². The third kappa shape index (κ3) is 63.0. The van der Waals surface area contributed by atoms with Crippen molar-refractivity contribution in [3.8, 4) is 11.3 Å². The molecule has 0 spiro atoms. The van der Waals surface area contributed by atoms with Crippen molar-refractivity contribution >= 4 is 808 Å². The van der Waals surface area contributed by atoms with Gasteiger partial charge in [0.15, 0.2) is 0 Å². The van der Waals surface area contributed by atoms with Crippen LogP contribution in [0, 0.1) is 17.0 Å². The second-order valence-corrected chi connectivity index (χ2v) is 7.97. The van der Waals surface area contributed by atoms with Crippen LogP contribution in [0.4, 0.5) is 17.3 Å². The van der Waals surface area contributed by atoms with Crippen LogP contribution < -0.4 is 5.32 Å². The van der Waals surface area contributed by atoms with Gasteiger partial charge >= 0.3 is 764 Å². The number of carbonyl (C=O) groups excluding carboxylic acids is 1. The number of fused-ring (bicyclic) bond motifs is 1. The number of esters is 1. The average molecular weight is 1430 g/mol. The van der Waals surface area contributed by atoms with Crippen LogP contribution in [0.25, 0.3) is 22.2 Å². The van der Waals surface area contributed by atoms with E-state index in [1.54, 1.807) is 6.07 Å². The number of anilines is 2. The van der Waals surface area contributed by atoms with Crippen LogP contribution in [0.3, 0.4) is 0 Å². The molecule has 56 heavy (non-hydrogen) atoms. The van der Waals surface area contributed by atoms with Gasteiger partial charge in [0.1, 0.15) is 5.56 Å². The van der Waals surface area contributed by atoms with Crippen molar-refractivity contribution in [3.05, 3.63) is 74.5 Å². The van der Waals surface area contributed by atoms with Gasteiger partial charge in [0.25, 0.3) is 5.69 Å². The number of nitrogens with one attached hydrogen (secondary N) is 1. The number of nitro benzene ring substituents is 1. The predicted octanol–water partition coefficient (Wildman–Crippen LogP) is -3.99. The average Bonchev–Trinajstić information content (AvgIpc) is 3.65. The fraction of sp³-hybridized carbons (Fsp3) is 0.136. The van der Waals surface area contributed by atoms with Crippen molar-refractivity contribution in [1.29, 1.82) is 0 Å². The molecule has 0 radical (unpaired) electrons. The number of rotatable bonds is 5. The van der Waals surface area contributed by atoms with Gasteiger partial charge < -0.3 is 14.6 Å². The molecule has 4 rings (SSSR count). The third-order valence-corrected chi connectivity index (χ3v) is 5.72. The fourth-order valence-corrected chi connectivity index (χ4v) is 4.10. The Balaban J connectivity index is -0.000000113. The summed E-state index contributed by atoms with van der Waals surface area (Å²) in [6.45, 7) is 1.81. The molecule has 4 aromatic rings. The zero-order valence-electron chi connectivity index (χ0n) is 41.4.